The molecule has 1 N–H and O–H groups in total. The van der Waals surface area contributed by atoms with Gasteiger partial charge in [-0.2, -0.15) is 0 Å². The molecule has 3 heteroatoms. The van der Waals surface area contributed by atoms with Crippen molar-refractivity contribution in [2.75, 3.05) is 6.54 Å². The van der Waals surface area contributed by atoms with Crippen molar-refractivity contribution in [3.05, 3.63) is 75.9 Å². The Bertz CT molecular complexity index is 891. The van der Waals surface area contributed by atoms with Gasteiger partial charge in [0.15, 0.2) is 0 Å². The molecule has 0 unspecified atom stereocenters. The van der Waals surface area contributed by atoms with Gasteiger partial charge in [-0.25, -0.2) is 0 Å². The molecule has 1 aromatic heterocycles. The first-order chi connectivity index (χ1) is 11.7. The Morgan fingerprint density at radius 1 is 1.00 bits per heavy atom. The summed E-state index contributed by atoms with van der Waals surface area (Å²) in [5.41, 5.74) is 9.31. The van der Waals surface area contributed by atoms with Gasteiger partial charge in [-0.15, -0.1) is 0 Å². The second-order valence-electron chi connectivity index (χ2n) is 6.45. The van der Waals surface area contributed by atoms with Crippen LogP contribution in [0.3, 0.4) is 0 Å². The molecule has 0 atom stereocenters. The number of aromatic nitrogens is 1. The molecule has 3 aromatic rings. The van der Waals surface area contributed by atoms with E-state index in [1.807, 2.05) is 12.1 Å². The van der Waals surface area contributed by atoms with Crippen LogP contribution in [0.1, 0.15) is 22.4 Å². The van der Waals surface area contributed by atoms with Crippen molar-refractivity contribution in [3.63, 3.8) is 0 Å². The number of hydrogen-bond acceptors (Lipinski definition) is 1. The smallest absolute Gasteiger partial charge is 0.0564 e. The monoisotopic (exact) mass is 336 g/mol. The maximum Gasteiger partial charge on any atom is 0.0564 e. The standard InChI is InChI=1S/C21H21ClN2/c1-14-5-3-4-6-19(14)24-20-11-12-23-13-18(20)15(2)21(24)16-7-9-17(22)10-8-16/h3-10,23H,11-13H2,1-2H3. The zero-order chi connectivity index (χ0) is 16.7. The van der Waals surface area contributed by atoms with Crippen molar-refractivity contribution in [2.45, 2.75) is 26.8 Å². The van der Waals surface area contributed by atoms with E-state index in [2.05, 4.69) is 60.1 Å². The van der Waals surface area contributed by atoms with E-state index in [1.165, 1.54) is 39.3 Å². The van der Waals surface area contributed by atoms with Gasteiger partial charge in [0.2, 0.25) is 0 Å². The second kappa shape index (κ2) is 6.12. The Morgan fingerprint density at radius 3 is 2.50 bits per heavy atom. The highest BCUT2D eigenvalue weighted by atomic mass is 35.5. The normalized spacial score (nSPS) is 13.8. The summed E-state index contributed by atoms with van der Waals surface area (Å²) in [6.45, 7) is 6.40. The minimum Gasteiger partial charge on any atom is -0.313 e. The van der Waals surface area contributed by atoms with Crippen LogP contribution in [0.4, 0.5) is 0 Å². The van der Waals surface area contributed by atoms with Gasteiger partial charge in [-0.05, 0) is 54.3 Å². The first-order valence-corrected chi connectivity index (χ1v) is 8.80. The maximum absolute atomic E-state index is 6.11. The third-order valence-electron chi connectivity index (χ3n) is 4.96. The first-order valence-electron chi connectivity index (χ1n) is 8.42. The summed E-state index contributed by atoms with van der Waals surface area (Å²) in [6, 6.07) is 16.8. The van der Waals surface area contributed by atoms with Gasteiger partial charge in [0.1, 0.15) is 0 Å². The average Bonchev–Trinajstić information content (AvgIpc) is 2.89. The fourth-order valence-corrected chi connectivity index (χ4v) is 3.87. The lowest BCUT2D eigenvalue weighted by molar-refractivity contribution is 0.627. The van der Waals surface area contributed by atoms with E-state index in [0.717, 1.165) is 24.5 Å². The minimum atomic E-state index is 0.775. The number of aryl methyl sites for hydroxylation is 1. The second-order valence-corrected chi connectivity index (χ2v) is 6.89. The quantitative estimate of drug-likeness (QED) is 0.692. The summed E-state index contributed by atoms with van der Waals surface area (Å²) in [5.74, 6) is 0. The van der Waals surface area contributed by atoms with Crippen LogP contribution in [0.15, 0.2) is 48.5 Å². The molecule has 122 valence electrons. The number of para-hydroxylation sites is 1. The predicted molar refractivity (Wildman–Crippen MR) is 101 cm³/mol. The summed E-state index contributed by atoms with van der Waals surface area (Å²) >= 11 is 6.11. The summed E-state index contributed by atoms with van der Waals surface area (Å²) in [5, 5.41) is 4.29. The average molecular weight is 337 g/mol. The van der Waals surface area contributed by atoms with E-state index in [4.69, 9.17) is 11.6 Å². The molecular weight excluding hydrogens is 316 g/mol. The molecule has 2 aromatic carbocycles. The van der Waals surface area contributed by atoms with Gasteiger partial charge < -0.3 is 9.88 Å². The molecule has 1 aliphatic heterocycles. The largest absolute Gasteiger partial charge is 0.313 e. The first kappa shape index (κ1) is 15.5. The van der Waals surface area contributed by atoms with E-state index in [1.54, 1.807) is 0 Å². The minimum absolute atomic E-state index is 0.775. The molecule has 0 amide bonds. The molecule has 1 aliphatic rings. The van der Waals surface area contributed by atoms with Crippen molar-refractivity contribution in [1.82, 2.24) is 9.88 Å². The Kier molecular flexibility index (Phi) is 3.95. The lowest BCUT2D eigenvalue weighted by Gasteiger charge is -2.19. The third-order valence-corrected chi connectivity index (χ3v) is 5.22. The van der Waals surface area contributed by atoms with Crippen LogP contribution < -0.4 is 5.32 Å². The van der Waals surface area contributed by atoms with Crippen LogP contribution in [0.5, 0.6) is 0 Å². The van der Waals surface area contributed by atoms with E-state index < -0.39 is 0 Å². The zero-order valence-electron chi connectivity index (χ0n) is 14.1. The molecule has 0 saturated heterocycles. The fraction of sp³-hybridized carbons (Fsp3) is 0.238. The Labute approximate surface area is 148 Å². The zero-order valence-corrected chi connectivity index (χ0v) is 14.8. The lowest BCUT2D eigenvalue weighted by Crippen LogP contribution is -2.24. The van der Waals surface area contributed by atoms with Crippen molar-refractivity contribution in [2.24, 2.45) is 0 Å². The van der Waals surface area contributed by atoms with Gasteiger partial charge in [-0.1, -0.05) is 41.9 Å². The number of fused-ring (bicyclic) bond motifs is 1. The number of benzene rings is 2. The molecule has 4 rings (SSSR count). The Hall–Kier alpha value is -2.03. The molecule has 0 saturated carbocycles. The van der Waals surface area contributed by atoms with E-state index in [0.29, 0.717) is 0 Å². The van der Waals surface area contributed by atoms with Crippen molar-refractivity contribution < 1.29 is 0 Å². The molecule has 0 fully saturated rings. The molecule has 2 heterocycles. The third kappa shape index (κ3) is 2.47. The van der Waals surface area contributed by atoms with Crippen molar-refractivity contribution >= 4 is 11.6 Å². The topological polar surface area (TPSA) is 17.0 Å². The number of halogens is 1. The van der Waals surface area contributed by atoms with Crippen LogP contribution in [0.2, 0.25) is 5.02 Å². The van der Waals surface area contributed by atoms with E-state index >= 15 is 0 Å². The summed E-state index contributed by atoms with van der Waals surface area (Å²) in [7, 11) is 0. The highest BCUT2D eigenvalue weighted by Gasteiger charge is 2.24. The fourth-order valence-electron chi connectivity index (χ4n) is 3.75. The van der Waals surface area contributed by atoms with Crippen molar-refractivity contribution in [1.29, 1.82) is 0 Å². The number of nitrogens with one attached hydrogen (secondary N) is 1. The van der Waals surface area contributed by atoms with Gasteiger partial charge in [0.25, 0.3) is 0 Å². The number of nitrogens with zero attached hydrogens (tertiary/aromatic N) is 1. The van der Waals surface area contributed by atoms with Crippen LogP contribution in [-0.4, -0.2) is 11.1 Å². The summed E-state index contributed by atoms with van der Waals surface area (Å²) < 4.78 is 2.46. The number of rotatable bonds is 2. The maximum atomic E-state index is 6.11. The van der Waals surface area contributed by atoms with Gasteiger partial charge in [0.05, 0.1) is 5.69 Å². The molecule has 0 aliphatic carbocycles. The molecule has 0 radical (unpaired) electrons. The SMILES string of the molecule is Cc1ccccc1-n1c2c(c(C)c1-c1ccc(Cl)cc1)CNCC2. The number of hydrogen-bond donors (Lipinski definition) is 1. The van der Waals surface area contributed by atoms with Crippen molar-refractivity contribution in [3.8, 4) is 16.9 Å². The molecule has 2 nitrogen and oxygen atoms in total. The Balaban J connectivity index is 2.04. The van der Waals surface area contributed by atoms with E-state index in [-0.39, 0.29) is 0 Å². The van der Waals surface area contributed by atoms with Crippen LogP contribution in [-0.2, 0) is 13.0 Å². The van der Waals surface area contributed by atoms with Crippen LogP contribution in [0, 0.1) is 13.8 Å². The highest BCUT2D eigenvalue weighted by Crippen LogP contribution is 2.36. The van der Waals surface area contributed by atoms with Gasteiger partial charge in [-0.3, -0.25) is 0 Å². The molecule has 0 spiro atoms. The van der Waals surface area contributed by atoms with Crippen LogP contribution in [0.25, 0.3) is 16.9 Å². The van der Waals surface area contributed by atoms with Gasteiger partial charge >= 0.3 is 0 Å². The summed E-state index contributed by atoms with van der Waals surface area (Å²) in [6.07, 6.45) is 1.05. The predicted octanol–water partition coefficient (Wildman–Crippen LogP) is 5.06. The lowest BCUT2D eigenvalue weighted by atomic mass is 10.0. The van der Waals surface area contributed by atoms with Gasteiger partial charge in [0, 0.05) is 35.9 Å². The highest BCUT2D eigenvalue weighted by molar-refractivity contribution is 6.30. The molecule has 0 bridgehead atoms. The van der Waals surface area contributed by atoms with Crippen LogP contribution >= 0.6 is 11.6 Å². The summed E-state index contributed by atoms with van der Waals surface area (Å²) in [4.78, 5) is 0. The molecule has 24 heavy (non-hydrogen) atoms. The Morgan fingerprint density at radius 2 is 1.75 bits per heavy atom. The molecular formula is C21H21ClN2. The van der Waals surface area contributed by atoms with E-state index in [9.17, 15) is 0 Å².